The summed E-state index contributed by atoms with van der Waals surface area (Å²) in [4.78, 5) is 35.5. The maximum Gasteiger partial charge on any atom is 0.303 e. The number of nitrogens with one attached hydrogen (secondary N) is 2. The van der Waals surface area contributed by atoms with Crippen LogP contribution in [0.3, 0.4) is 0 Å². The van der Waals surface area contributed by atoms with E-state index in [1.165, 1.54) is 6.92 Å². The Morgan fingerprint density at radius 3 is 2.18 bits per heavy atom. The van der Waals surface area contributed by atoms with E-state index in [9.17, 15) is 19.5 Å². The summed E-state index contributed by atoms with van der Waals surface area (Å²) >= 11 is 1.70. The van der Waals surface area contributed by atoms with Gasteiger partial charge in [-0.05, 0) is 71.0 Å². The number of amides is 2. The highest BCUT2D eigenvalue weighted by Gasteiger charge is 2.32. The first kappa shape index (κ1) is 37.8. The van der Waals surface area contributed by atoms with Crippen molar-refractivity contribution in [3.63, 3.8) is 0 Å². The van der Waals surface area contributed by atoms with Crippen molar-refractivity contribution in [1.29, 1.82) is 0 Å². The van der Waals surface area contributed by atoms with E-state index < -0.39 is 12.3 Å². The molecule has 0 radical (unpaired) electrons. The van der Waals surface area contributed by atoms with E-state index in [-0.39, 0.29) is 37.0 Å². The second kappa shape index (κ2) is 19.2. The van der Waals surface area contributed by atoms with E-state index >= 15 is 0 Å². The number of ether oxygens (including phenoxy) is 2. The number of carboxylic acid groups (broad SMARTS) is 1. The van der Waals surface area contributed by atoms with E-state index in [1.54, 1.807) is 11.8 Å². The van der Waals surface area contributed by atoms with Gasteiger partial charge in [-0.15, -0.1) is 11.8 Å². The van der Waals surface area contributed by atoms with Crippen molar-refractivity contribution in [3.8, 4) is 11.1 Å². The van der Waals surface area contributed by atoms with Crippen molar-refractivity contribution < 1.29 is 34.1 Å². The van der Waals surface area contributed by atoms with Crippen molar-refractivity contribution in [2.24, 2.45) is 0 Å². The van der Waals surface area contributed by atoms with Gasteiger partial charge in [-0.1, -0.05) is 79.6 Å². The molecule has 0 unspecified atom stereocenters. The molecule has 1 aliphatic rings. The third kappa shape index (κ3) is 12.1. The first-order valence-corrected chi connectivity index (χ1v) is 18.4. The molecule has 1 fully saturated rings. The molecule has 0 aliphatic carbocycles. The highest BCUT2D eigenvalue weighted by atomic mass is 32.2. The van der Waals surface area contributed by atoms with Gasteiger partial charge in [-0.25, -0.2) is 0 Å². The van der Waals surface area contributed by atoms with Crippen LogP contribution in [0.4, 0.5) is 5.69 Å². The number of carbonyl (C=O) groups is 3. The predicted octanol–water partition coefficient (Wildman–Crippen LogP) is 8.18. The summed E-state index contributed by atoms with van der Waals surface area (Å²) in [5, 5.41) is 24.1. The van der Waals surface area contributed by atoms with Gasteiger partial charge in [0.15, 0.2) is 6.29 Å². The fourth-order valence-corrected chi connectivity index (χ4v) is 6.87. The summed E-state index contributed by atoms with van der Waals surface area (Å²) in [6.07, 6.45) is 3.50. The van der Waals surface area contributed by atoms with Crippen LogP contribution in [0.5, 0.6) is 0 Å². The van der Waals surface area contributed by atoms with Crippen molar-refractivity contribution in [2.45, 2.75) is 88.4 Å². The zero-order valence-corrected chi connectivity index (χ0v) is 29.7. The SMILES string of the molecule is CC(=O)Nc1ccc(SC[C@H]2C[C@@H](c3ccc(CO)cc3)O[C@@H](c3ccc(-c4cccc(CNC(=O)CCCCCCC(=O)O)c4)cc3)O2)cc1. The minimum Gasteiger partial charge on any atom is -0.481 e. The van der Waals surface area contributed by atoms with Crippen LogP contribution < -0.4 is 10.6 Å². The second-order valence-electron chi connectivity index (χ2n) is 12.8. The number of hydrogen-bond donors (Lipinski definition) is 4. The molecule has 1 heterocycles. The molecule has 0 spiro atoms. The number of hydrogen-bond acceptors (Lipinski definition) is 7. The van der Waals surface area contributed by atoms with Crippen LogP contribution in [0.15, 0.2) is 102 Å². The van der Waals surface area contributed by atoms with Gasteiger partial charge >= 0.3 is 5.97 Å². The van der Waals surface area contributed by atoms with E-state index in [2.05, 4.69) is 28.8 Å². The largest absolute Gasteiger partial charge is 0.481 e. The Labute approximate surface area is 303 Å². The third-order valence-electron chi connectivity index (χ3n) is 8.70. The maximum atomic E-state index is 12.4. The summed E-state index contributed by atoms with van der Waals surface area (Å²) in [7, 11) is 0. The molecule has 0 saturated carbocycles. The average molecular weight is 711 g/mol. The van der Waals surface area contributed by atoms with Crippen LogP contribution in [0.25, 0.3) is 11.1 Å². The molecule has 1 aliphatic heterocycles. The van der Waals surface area contributed by atoms with Gasteiger partial charge in [0.05, 0.1) is 18.8 Å². The molecule has 4 N–H and O–H groups in total. The topological polar surface area (TPSA) is 134 Å². The number of unbranched alkanes of at least 4 members (excludes halogenated alkanes) is 3. The molecule has 4 aromatic rings. The highest BCUT2D eigenvalue weighted by Crippen LogP contribution is 2.40. The van der Waals surface area contributed by atoms with Crippen molar-refractivity contribution in [1.82, 2.24) is 5.32 Å². The molecule has 2 amide bonds. The monoisotopic (exact) mass is 710 g/mol. The van der Waals surface area contributed by atoms with Crippen molar-refractivity contribution in [2.75, 3.05) is 11.1 Å². The van der Waals surface area contributed by atoms with E-state index in [0.717, 1.165) is 69.0 Å². The normalized spacial score (nSPS) is 17.1. The van der Waals surface area contributed by atoms with Crippen LogP contribution in [0, 0.1) is 0 Å². The Hall–Kier alpha value is -4.48. The number of aliphatic carboxylic acids is 1. The highest BCUT2D eigenvalue weighted by molar-refractivity contribution is 7.99. The number of carboxylic acids is 1. The number of aliphatic hydroxyl groups excluding tert-OH is 1. The first-order valence-electron chi connectivity index (χ1n) is 17.4. The molecular formula is C41H46N2O7S. The maximum absolute atomic E-state index is 12.4. The minimum atomic E-state index is -0.779. The van der Waals surface area contributed by atoms with Crippen LogP contribution in [-0.4, -0.2) is 39.9 Å². The number of carbonyl (C=O) groups excluding carboxylic acids is 2. The number of aliphatic hydroxyl groups is 1. The smallest absolute Gasteiger partial charge is 0.303 e. The molecule has 51 heavy (non-hydrogen) atoms. The fraction of sp³-hybridized carbons (Fsp3) is 0.341. The lowest BCUT2D eigenvalue weighted by Crippen LogP contribution is -2.31. The lowest BCUT2D eigenvalue weighted by molar-refractivity contribution is -0.245. The Morgan fingerprint density at radius 2 is 1.49 bits per heavy atom. The van der Waals surface area contributed by atoms with Crippen molar-refractivity contribution >= 4 is 35.2 Å². The molecule has 10 heteroatoms. The summed E-state index contributed by atoms with van der Waals surface area (Å²) in [6, 6.07) is 31.9. The zero-order chi connectivity index (χ0) is 36.0. The molecule has 3 atom stereocenters. The number of benzene rings is 4. The summed E-state index contributed by atoms with van der Waals surface area (Å²) in [6.45, 7) is 1.92. The molecule has 268 valence electrons. The molecule has 9 nitrogen and oxygen atoms in total. The molecule has 0 aromatic heterocycles. The average Bonchev–Trinajstić information content (AvgIpc) is 3.15. The Kier molecular flexibility index (Phi) is 14.2. The van der Waals surface area contributed by atoms with Gasteiger partial charge in [0, 0.05) is 54.6 Å². The van der Waals surface area contributed by atoms with Gasteiger partial charge in [-0.3, -0.25) is 14.4 Å². The molecule has 5 rings (SSSR count). The molecule has 0 bridgehead atoms. The Balaban J connectivity index is 1.20. The van der Waals surface area contributed by atoms with Crippen LogP contribution >= 0.6 is 11.8 Å². The van der Waals surface area contributed by atoms with E-state index in [4.69, 9.17) is 14.6 Å². The second-order valence-corrected chi connectivity index (χ2v) is 13.9. The predicted molar refractivity (Wildman–Crippen MR) is 199 cm³/mol. The third-order valence-corrected chi connectivity index (χ3v) is 9.85. The van der Waals surface area contributed by atoms with Crippen LogP contribution in [0.1, 0.15) is 86.5 Å². The fourth-order valence-electron chi connectivity index (χ4n) is 5.95. The lowest BCUT2D eigenvalue weighted by atomic mass is 9.99. The van der Waals surface area contributed by atoms with E-state index in [1.807, 2.05) is 78.9 Å². The van der Waals surface area contributed by atoms with Gasteiger partial charge in [0.25, 0.3) is 0 Å². The Bertz CT molecular complexity index is 1730. The van der Waals surface area contributed by atoms with Gasteiger partial charge in [-0.2, -0.15) is 0 Å². The molecule has 4 aromatic carbocycles. The zero-order valence-electron chi connectivity index (χ0n) is 28.9. The van der Waals surface area contributed by atoms with E-state index in [0.29, 0.717) is 25.8 Å². The quantitative estimate of drug-likeness (QED) is 0.0637. The standard InChI is InChI=1S/C41H46N2O7S/c1-28(45)43-35-19-21-37(22-20-35)51-27-36-24-38(32-13-11-29(26-44)12-14-32)50-41(49-36)33-17-15-31(16-18-33)34-8-6-7-30(23-34)25-42-39(46)9-4-2-3-5-10-40(47)48/h6-8,11-23,36,38,41,44H,2-5,9-10,24-27H2,1H3,(H,42,46)(H,43,45)(H,47,48)/t36-,38+,41+/m1/s1. The summed E-state index contributed by atoms with van der Waals surface area (Å²) in [5.41, 5.74) is 6.64. The number of rotatable bonds is 17. The number of anilines is 1. The number of thioether (sulfide) groups is 1. The van der Waals surface area contributed by atoms with Crippen molar-refractivity contribution in [3.05, 3.63) is 119 Å². The summed E-state index contributed by atoms with van der Waals surface area (Å²) in [5.74, 6) is -0.166. The van der Waals surface area contributed by atoms with Gasteiger partial charge in [0.2, 0.25) is 11.8 Å². The van der Waals surface area contributed by atoms with Gasteiger partial charge < -0.3 is 30.3 Å². The van der Waals surface area contributed by atoms with Gasteiger partial charge in [0.1, 0.15) is 0 Å². The van der Waals surface area contributed by atoms with Crippen LogP contribution in [0.2, 0.25) is 0 Å². The first-order chi connectivity index (χ1) is 24.7. The Morgan fingerprint density at radius 1 is 0.784 bits per heavy atom. The summed E-state index contributed by atoms with van der Waals surface area (Å²) < 4.78 is 13.1. The minimum absolute atomic E-state index is 0.00491. The van der Waals surface area contributed by atoms with Crippen LogP contribution in [-0.2, 0) is 37.0 Å². The molecular weight excluding hydrogens is 665 g/mol. The molecule has 1 saturated heterocycles. The lowest BCUT2D eigenvalue weighted by Gasteiger charge is -2.36.